The molecule has 1 heterocycles. The minimum absolute atomic E-state index is 0.0610. The summed E-state index contributed by atoms with van der Waals surface area (Å²) >= 11 is 0. The van der Waals surface area contributed by atoms with Gasteiger partial charge in [0.05, 0.1) is 10.6 Å². The Morgan fingerprint density at radius 1 is 1.35 bits per heavy atom. The van der Waals surface area contributed by atoms with Crippen LogP contribution in [0.5, 0.6) is 0 Å². The van der Waals surface area contributed by atoms with Crippen LogP contribution in [-0.4, -0.2) is 46.9 Å². The molecular formula is C12H13NO5S2. The predicted molar refractivity (Wildman–Crippen MR) is 74.9 cm³/mol. The number of ketones is 1. The van der Waals surface area contributed by atoms with Crippen LogP contribution in [0.3, 0.4) is 0 Å². The van der Waals surface area contributed by atoms with Crippen LogP contribution in [0.15, 0.2) is 34.9 Å². The number of nitrogens with zero attached hydrogens (tertiary/aromatic N) is 1. The zero-order valence-corrected chi connectivity index (χ0v) is 12.5. The molecule has 1 aliphatic rings. The van der Waals surface area contributed by atoms with Gasteiger partial charge < -0.3 is 5.11 Å². The fourth-order valence-corrected chi connectivity index (χ4v) is 3.92. The fourth-order valence-electron chi connectivity index (χ4n) is 1.99. The Labute approximate surface area is 119 Å². The maximum atomic E-state index is 12.3. The zero-order chi connectivity index (χ0) is 15.1. The average molecular weight is 315 g/mol. The van der Waals surface area contributed by atoms with E-state index in [2.05, 4.69) is 0 Å². The predicted octanol–water partition coefficient (Wildman–Crippen LogP) is 0.495. The van der Waals surface area contributed by atoms with E-state index in [1.165, 1.54) is 31.5 Å². The SMILES string of the molecule is CN1C(C(=O)CS(C)=O)=C(O)c2ccccc2S1(=O)=O. The van der Waals surface area contributed by atoms with Crippen LogP contribution in [0, 0.1) is 0 Å². The van der Waals surface area contributed by atoms with Crippen LogP contribution in [0.2, 0.25) is 0 Å². The number of sulfonamides is 1. The summed E-state index contributed by atoms with van der Waals surface area (Å²) in [6.07, 6.45) is 1.33. The Bertz CT molecular complexity index is 736. The minimum atomic E-state index is -3.89. The van der Waals surface area contributed by atoms with Crippen molar-refractivity contribution in [1.29, 1.82) is 0 Å². The molecule has 0 saturated carbocycles. The maximum absolute atomic E-state index is 12.3. The second kappa shape index (κ2) is 5.02. The summed E-state index contributed by atoms with van der Waals surface area (Å²) in [5.74, 6) is -1.43. The van der Waals surface area contributed by atoms with E-state index in [0.717, 1.165) is 4.31 Å². The summed E-state index contributed by atoms with van der Waals surface area (Å²) in [6.45, 7) is 0. The first-order chi connectivity index (χ1) is 9.26. The second-order valence-electron chi connectivity index (χ2n) is 4.31. The fraction of sp³-hybridized carbons (Fsp3) is 0.250. The highest BCUT2D eigenvalue weighted by Gasteiger charge is 2.37. The topological polar surface area (TPSA) is 91.8 Å². The molecule has 8 heteroatoms. The molecule has 0 spiro atoms. The lowest BCUT2D eigenvalue weighted by molar-refractivity contribution is -0.114. The van der Waals surface area contributed by atoms with Gasteiger partial charge in [-0.1, -0.05) is 12.1 Å². The van der Waals surface area contributed by atoms with Gasteiger partial charge in [-0.15, -0.1) is 0 Å². The number of Topliss-reactive ketones (excluding diaryl/α,β-unsaturated/α-hetero) is 1. The quantitative estimate of drug-likeness (QED) is 0.876. The zero-order valence-electron chi connectivity index (χ0n) is 10.9. The third-order valence-corrected chi connectivity index (χ3v) is 5.40. The van der Waals surface area contributed by atoms with E-state index < -0.39 is 32.4 Å². The van der Waals surface area contributed by atoms with E-state index in [0.29, 0.717) is 0 Å². The summed E-state index contributed by atoms with van der Waals surface area (Å²) in [7, 11) is -4.13. The monoisotopic (exact) mass is 315 g/mol. The molecule has 0 aromatic heterocycles. The van der Waals surface area contributed by atoms with Crippen molar-refractivity contribution < 1.29 is 22.5 Å². The molecule has 0 saturated heterocycles. The van der Waals surface area contributed by atoms with Crippen molar-refractivity contribution in [2.45, 2.75) is 4.90 Å². The highest BCUT2D eigenvalue weighted by Crippen LogP contribution is 2.34. The van der Waals surface area contributed by atoms with Crippen molar-refractivity contribution >= 4 is 32.4 Å². The number of rotatable bonds is 3. The number of fused-ring (bicyclic) bond motifs is 1. The molecule has 1 atom stereocenters. The Morgan fingerprint density at radius 3 is 2.55 bits per heavy atom. The van der Waals surface area contributed by atoms with Crippen LogP contribution in [0.4, 0.5) is 0 Å². The molecule has 1 aromatic rings. The van der Waals surface area contributed by atoms with Crippen molar-refractivity contribution in [3.05, 3.63) is 35.5 Å². The molecular weight excluding hydrogens is 302 g/mol. The molecule has 1 aliphatic heterocycles. The van der Waals surface area contributed by atoms with Crippen molar-refractivity contribution in [2.75, 3.05) is 19.1 Å². The molecule has 0 fully saturated rings. The summed E-state index contributed by atoms with van der Waals surface area (Å²) < 4.78 is 36.5. The molecule has 0 bridgehead atoms. The third-order valence-electron chi connectivity index (χ3n) is 2.92. The first-order valence-corrected chi connectivity index (χ1v) is 8.78. The van der Waals surface area contributed by atoms with Crippen LogP contribution in [-0.2, 0) is 25.6 Å². The first-order valence-electron chi connectivity index (χ1n) is 5.61. The summed E-state index contributed by atoms with van der Waals surface area (Å²) in [6, 6.07) is 5.88. The number of hydrogen-bond donors (Lipinski definition) is 1. The first kappa shape index (κ1) is 14.7. The highest BCUT2D eigenvalue weighted by atomic mass is 32.2. The van der Waals surface area contributed by atoms with Gasteiger partial charge in [0.2, 0.25) is 0 Å². The van der Waals surface area contributed by atoms with E-state index in [1.807, 2.05) is 0 Å². The van der Waals surface area contributed by atoms with E-state index in [-0.39, 0.29) is 21.9 Å². The molecule has 0 amide bonds. The van der Waals surface area contributed by atoms with Crippen molar-refractivity contribution in [3.63, 3.8) is 0 Å². The second-order valence-corrected chi connectivity index (χ2v) is 7.68. The van der Waals surface area contributed by atoms with Gasteiger partial charge in [0.15, 0.2) is 11.5 Å². The van der Waals surface area contributed by atoms with Crippen LogP contribution < -0.4 is 0 Å². The minimum Gasteiger partial charge on any atom is -0.505 e. The number of carbonyl (C=O) groups excluding carboxylic acids is 1. The van der Waals surface area contributed by atoms with E-state index in [4.69, 9.17) is 0 Å². The summed E-state index contributed by atoms with van der Waals surface area (Å²) in [5.41, 5.74) is -0.269. The van der Waals surface area contributed by atoms with E-state index >= 15 is 0 Å². The maximum Gasteiger partial charge on any atom is 0.265 e. The van der Waals surface area contributed by atoms with Gasteiger partial charge in [0.1, 0.15) is 5.70 Å². The summed E-state index contributed by atoms with van der Waals surface area (Å²) in [4.78, 5) is 11.9. The van der Waals surface area contributed by atoms with E-state index in [1.54, 1.807) is 6.07 Å². The van der Waals surface area contributed by atoms with Gasteiger partial charge in [-0.25, -0.2) is 8.42 Å². The molecule has 1 N–H and O–H groups in total. The van der Waals surface area contributed by atoms with Gasteiger partial charge in [0.25, 0.3) is 10.0 Å². The number of hydrogen-bond acceptors (Lipinski definition) is 5. The highest BCUT2D eigenvalue weighted by molar-refractivity contribution is 7.89. The lowest BCUT2D eigenvalue weighted by Gasteiger charge is -2.28. The summed E-state index contributed by atoms with van der Waals surface area (Å²) in [5, 5.41) is 10.2. The van der Waals surface area contributed by atoms with Crippen LogP contribution in [0.25, 0.3) is 5.76 Å². The molecule has 1 aromatic carbocycles. The lowest BCUT2D eigenvalue weighted by Crippen LogP contribution is -2.36. The largest absolute Gasteiger partial charge is 0.505 e. The van der Waals surface area contributed by atoms with Gasteiger partial charge >= 0.3 is 0 Å². The van der Waals surface area contributed by atoms with Gasteiger partial charge in [-0.05, 0) is 12.1 Å². The average Bonchev–Trinajstić information content (AvgIpc) is 2.36. The molecule has 108 valence electrons. The molecule has 6 nitrogen and oxygen atoms in total. The number of likely N-dealkylation sites (N-methyl/N-ethyl adjacent to an activating group) is 1. The van der Waals surface area contributed by atoms with E-state index in [9.17, 15) is 22.5 Å². The number of benzene rings is 1. The normalized spacial score (nSPS) is 18.6. The van der Waals surface area contributed by atoms with Crippen LogP contribution in [0.1, 0.15) is 5.56 Å². The van der Waals surface area contributed by atoms with Crippen molar-refractivity contribution in [2.24, 2.45) is 0 Å². The molecule has 0 radical (unpaired) electrons. The smallest absolute Gasteiger partial charge is 0.265 e. The molecule has 1 unspecified atom stereocenters. The van der Waals surface area contributed by atoms with Crippen LogP contribution >= 0.6 is 0 Å². The number of aliphatic hydroxyl groups excluding tert-OH is 1. The molecule has 0 aliphatic carbocycles. The molecule has 2 rings (SSSR count). The Hall–Kier alpha value is -1.67. The number of aliphatic hydroxyl groups is 1. The Morgan fingerprint density at radius 2 is 1.95 bits per heavy atom. The van der Waals surface area contributed by atoms with Crippen molar-refractivity contribution in [3.8, 4) is 0 Å². The van der Waals surface area contributed by atoms with Gasteiger partial charge in [-0.2, -0.15) is 0 Å². The number of carbonyl (C=O) groups is 1. The van der Waals surface area contributed by atoms with Crippen molar-refractivity contribution in [1.82, 2.24) is 4.31 Å². The standard InChI is InChI=1S/C12H13NO5S2/c1-13-11(9(14)7-19(2)16)12(15)8-5-3-4-6-10(8)20(13,17)18/h3-6,15H,7H2,1-2H3. The molecule has 20 heavy (non-hydrogen) atoms. The number of allylic oxidation sites excluding steroid dienone is 1. The van der Waals surface area contributed by atoms with Gasteiger partial charge in [-0.3, -0.25) is 13.3 Å². The Kier molecular flexibility index (Phi) is 3.70. The lowest BCUT2D eigenvalue weighted by atomic mass is 10.1. The van der Waals surface area contributed by atoms with Gasteiger partial charge in [0, 0.05) is 29.7 Å². The third kappa shape index (κ3) is 2.25. The Balaban J connectivity index is 2.69.